The number of fused-ring (bicyclic) bond motifs is 1. The summed E-state index contributed by atoms with van der Waals surface area (Å²) in [5.41, 5.74) is 1.20. The largest absolute Gasteiger partial charge is 0.493 e. The summed E-state index contributed by atoms with van der Waals surface area (Å²) in [7, 11) is 2.76. The van der Waals surface area contributed by atoms with E-state index in [2.05, 4.69) is 11.6 Å². The molecule has 2 heterocycles. The molecule has 1 aromatic heterocycles. The maximum absolute atomic E-state index is 13.7. The van der Waals surface area contributed by atoms with Crippen molar-refractivity contribution in [3.63, 3.8) is 0 Å². The van der Waals surface area contributed by atoms with Gasteiger partial charge >= 0.3 is 5.97 Å². The lowest BCUT2D eigenvalue weighted by molar-refractivity contribution is -0.384. The first kappa shape index (κ1) is 25.6. The fourth-order valence-corrected chi connectivity index (χ4v) is 5.06. The van der Waals surface area contributed by atoms with E-state index in [0.29, 0.717) is 37.7 Å². The quantitative estimate of drug-likeness (QED) is 0.193. The third-order valence-electron chi connectivity index (χ3n) is 5.67. The van der Waals surface area contributed by atoms with Gasteiger partial charge in [-0.1, -0.05) is 42.2 Å². The van der Waals surface area contributed by atoms with Crippen LogP contribution in [0.2, 0.25) is 0 Å². The Morgan fingerprint density at radius 2 is 2.03 bits per heavy atom. The van der Waals surface area contributed by atoms with Crippen molar-refractivity contribution in [1.82, 2.24) is 4.57 Å². The summed E-state index contributed by atoms with van der Waals surface area (Å²) in [5.74, 6) is 0.270. The Morgan fingerprint density at radius 3 is 2.70 bits per heavy atom. The lowest BCUT2D eigenvalue weighted by atomic mass is 9.95. The summed E-state index contributed by atoms with van der Waals surface area (Å²) in [6, 6.07) is 10.3. The first-order valence-electron chi connectivity index (χ1n) is 11.1. The Kier molecular flexibility index (Phi) is 7.35. The van der Waals surface area contributed by atoms with Gasteiger partial charge in [0, 0.05) is 12.1 Å². The molecule has 0 spiro atoms. The Labute approximate surface area is 215 Å². The summed E-state index contributed by atoms with van der Waals surface area (Å²) in [6.07, 6.45) is 3.17. The van der Waals surface area contributed by atoms with Crippen LogP contribution in [-0.2, 0) is 9.53 Å². The van der Waals surface area contributed by atoms with Crippen molar-refractivity contribution in [3.8, 4) is 11.5 Å². The Morgan fingerprint density at radius 1 is 1.24 bits per heavy atom. The van der Waals surface area contributed by atoms with Crippen LogP contribution in [-0.4, -0.2) is 36.3 Å². The minimum absolute atomic E-state index is 0.0888. The molecule has 3 aromatic rings. The molecule has 0 aliphatic carbocycles. The zero-order valence-corrected chi connectivity index (χ0v) is 21.1. The molecule has 0 bridgehead atoms. The number of hydrogen-bond donors (Lipinski definition) is 0. The van der Waals surface area contributed by atoms with Crippen LogP contribution in [0.25, 0.3) is 6.08 Å². The molecule has 0 radical (unpaired) electrons. The average molecular weight is 522 g/mol. The second kappa shape index (κ2) is 10.6. The molecule has 190 valence electrons. The fourth-order valence-electron chi connectivity index (χ4n) is 4.01. The predicted molar refractivity (Wildman–Crippen MR) is 138 cm³/mol. The Hall–Kier alpha value is -4.51. The molecule has 37 heavy (non-hydrogen) atoms. The van der Waals surface area contributed by atoms with E-state index in [9.17, 15) is 19.7 Å². The van der Waals surface area contributed by atoms with E-state index in [1.54, 1.807) is 49.4 Å². The number of aromatic nitrogens is 1. The monoisotopic (exact) mass is 521 g/mol. The number of allylic oxidation sites excluding steroid dienone is 1. The number of nitro benzene ring substituents is 1. The first-order valence-corrected chi connectivity index (χ1v) is 11.9. The van der Waals surface area contributed by atoms with Crippen LogP contribution in [0, 0.1) is 10.1 Å². The van der Waals surface area contributed by atoms with Gasteiger partial charge in [0.1, 0.15) is 6.61 Å². The molecular formula is C26H23N3O7S. The number of ether oxygens (including phenoxy) is 3. The molecule has 1 aliphatic heterocycles. The standard InChI is InChI=1S/C26H23N3O7S/c1-5-11-36-19-10-9-17(14-20(19)34-3)23-22(25(31)35-4)15(2)27-26-28(23)24(30)21(37-26)13-16-7-6-8-18(12-16)29(32)33/h5-10,12-14,23H,1,11H2,2-4H3/b21-13-. The highest BCUT2D eigenvalue weighted by Crippen LogP contribution is 2.36. The molecule has 1 atom stereocenters. The molecular weight excluding hydrogens is 498 g/mol. The van der Waals surface area contributed by atoms with Gasteiger partial charge in [-0.25, -0.2) is 9.79 Å². The number of non-ortho nitro benzene ring substituents is 1. The van der Waals surface area contributed by atoms with E-state index in [1.807, 2.05) is 0 Å². The topological polar surface area (TPSA) is 122 Å². The number of hydrogen-bond acceptors (Lipinski definition) is 9. The lowest BCUT2D eigenvalue weighted by Gasteiger charge is -2.25. The zero-order chi connectivity index (χ0) is 26.7. The van der Waals surface area contributed by atoms with Crippen LogP contribution in [0.5, 0.6) is 11.5 Å². The fraction of sp³-hybridized carbons (Fsp3) is 0.192. The van der Waals surface area contributed by atoms with Gasteiger partial charge in [0.05, 0.1) is 41.0 Å². The van der Waals surface area contributed by atoms with Crippen molar-refractivity contribution in [2.75, 3.05) is 20.8 Å². The van der Waals surface area contributed by atoms with Gasteiger partial charge in [0.2, 0.25) is 0 Å². The summed E-state index contributed by atoms with van der Waals surface area (Å²) >= 11 is 1.12. The molecule has 1 unspecified atom stereocenters. The molecule has 0 amide bonds. The van der Waals surface area contributed by atoms with Crippen LogP contribution >= 0.6 is 11.3 Å². The van der Waals surface area contributed by atoms with Gasteiger partial charge in [-0.3, -0.25) is 19.5 Å². The van der Waals surface area contributed by atoms with Gasteiger partial charge in [0.15, 0.2) is 16.3 Å². The highest BCUT2D eigenvalue weighted by molar-refractivity contribution is 7.07. The van der Waals surface area contributed by atoms with Gasteiger partial charge in [0.25, 0.3) is 11.2 Å². The number of thiazole rings is 1. The van der Waals surface area contributed by atoms with Crippen molar-refractivity contribution >= 4 is 29.1 Å². The maximum Gasteiger partial charge on any atom is 0.338 e. The molecule has 11 heteroatoms. The minimum Gasteiger partial charge on any atom is -0.493 e. The highest BCUT2D eigenvalue weighted by atomic mass is 32.1. The Balaban J connectivity index is 1.93. The molecule has 0 N–H and O–H groups in total. The van der Waals surface area contributed by atoms with Gasteiger partial charge in [-0.05, 0) is 36.3 Å². The number of nitro groups is 1. The van der Waals surface area contributed by atoms with Crippen LogP contribution in [0.1, 0.15) is 24.1 Å². The normalized spacial score (nSPS) is 15.0. The van der Waals surface area contributed by atoms with Crippen LogP contribution in [0.15, 0.2) is 76.2 Å². The number of carbonyl (C=O) groups excluding carboxylic acids is 1. The van der Waals surface area contributed by atoms with E-state index in [4.69, 9.17) is 14.2 Å². The summed E-state index contributed by atoms with van der Waals surface area (Å²) in [5, 5.41) is 11.2. The van der Waals surface area contributed by atoms with Gasteiger partial charge < -0.3 is 14.2 Å². The van der Waals surface area contributed by atoms with Crippen molar-refractivity contribution in [2.24, 2.45) is 4.99 Å². The average Bonchev–Trinajstić information content (AvgIpc) is 3.20. The van der Waals surface area contributed by atoms with Gasteiger partial charge in [-0.15, -0.1) is 0 Å². The SMILES string of the molecule is C=CCOc1ccc(C2C(C(=O)OC)=C(C)N=c3s/c(=C\c4cccc([N+](=O)[O-])c4)c(=O)n32)cc1OC. The molecule has 10 nitrogen and oxygen atoms in total. The zero-order valence-electron chi connectivity index (χ0n) is 20.3. The van der Waals surface area contributed by atoms with E-state index in [-0.39, 0.29) is 17.9 Å². The predicted octanol–water partition coefficient (Wildman–Crippen LogP) is 2.89. The second-order valence-corrected chi connectivity index (χ2v) is 8.94. The van der Waals surface area contributed by atoms with E-state index in [0.717, 1.165) is 11.3 Å². The molecule has 4 rings (SSSR count). The summed E-state index contributed by atoms with van der Waals surface area (Å²) in [4.78, 5) is 42.1. The molecule has 1 aliphatic rings. The van der Waals surface area contributed by atoms with Crippen molar-refractivity contribution in [1.29, 1.82) is 0 Å². The highest BCUT2D eigenvalue weighted by Gasteiger charge is 2.33. The molecule has 0 saturated heterocycles. The smallest absolute Gasteiger partial charge is 0.338 e. The number of rotatable bonds is 8. The minimum atomic E-state index is -0.849. The van der Waals surface area contributed by atoms with Crippen molar-refractivity contribution < 1.29 is 23.9 Å². The molecule has 0 fully saturated rings. The van der Waals surface area contributed by atoms with Crippen LogP contribution in [0.3, 0.4) is 0 Å². The van der Waals surface area contributed by atoms with E-state index in [1.165, 1.54) is 30.9 Å². The summed E-state index contributed by atoms with van der Waals surface area (Å²) < 4.78 is 17.9. The lowest BCUT2D eigenvalue weighted by Crippen LogP contribution is -2.39. The third kappa shape index (κ3) is 4.94. The number of carbonyl (C=O) groups is 1. The number of methoxy groups -OCH3 is 2. The first-order chi connectivity index (χ1) is 17.8. The van der Waals surface area contributed by atoms with Crippen LogP contribution < -0.4 is 24.4 Å². The summed E-state index contributed by atoms with van der Waals surface area (Å²) in [6.45, 7) is 5.59. The number of nitrogens with zero attached hydrogens (tertiary/aromatic N) is 3. The van der Waals surface area contributed by atoms with Crippen molar-refractivity contribution in [3.05, 3.63) is 107 Å². The van der Waals surface area contributed by atoms with Gasteiger partial charge in [-0.2, -0.15) is 0 Å². The molecule has 0 saturated carbocycles. The third-order valence-corrected chi connectivity index (χ3v) is 6.65. The van der Waals surface area contributed by atoms with E-state index < -0.39 is 22.5 Å². The van der Waals surface area contributed by atoms with Crippen molar-refractivity contribution in [2.45, 2.75) is 13.0 Å². The molecule has 2 aromatic carbocycles. The number of esters is 1. The van der Waals surface area contributed by atoms with E-state index >= 15 is 0 Å². The second-order valence-electron chi connectivity index (χ2n) is 7.94. The number of benzene rings is 2. The Bertz CT molecular complexity index is 1620. The maximum atomic E-state index is 13.7. The van der Waals surface area contributed by atoms with Crippen LogP contribution in [0.4, 0.5) is 5.69 Å².